The molecule has 2 aliphatic rings. The van der Waals surface area contributed by atoms with Gasteiger partial charge >= 0.3 is 0 Å². The van der Waals surface area contributed by atoms with E-state index in [0.29, 0.717) is 35.1 Å². The monoisotopic (exact) mass is 450 g/mol. The first-order chi connectivity index (χ1) is 14.0. The van der Waals surface area contributed by atoms with Crippen LogP contribution in [-0.4, -0.2) is 34.3 Å². The molecule has 2 atom stereocenters. The molecule has 160 valence electrons. The van der Waals surface area contributed by atoms with E-state index in [4.69, 9.17) is 0 Å². The first-order valence-corrected chi connectivity index (χ1v) is 12.0. The number of hydrazone groups is 1. The van der Waals surface area contributed by atoms with Crippen LogP contribution in [0.5, 0.6) is 0 Å². The molecule has 2 saturated carbocycles. The fraction of sp³-hybridized carbons (Fsp3) is 0.474. The van der Waals surface area contributed by atoms with Crippen LogP contribution >= 0.6 is 11.3 Å². The van der Waals surface area contributed by atoms with E-state index < -0.39 is 20.5 Å². The van der Waals surface area contributed by atoms with Gasteiger partial charge in [-0.25, -0.2) is 4.98 Å². The fourth-order valence-corrected chi connectivity index (χ4v) is 6.97. The summed E-state index contributed by atoms with van der Waals surface area (Å²) in [6.07, 6.45) is 2.23. The van der Waals surface area contributed by atoms with Crippen LogP contribution in [0.2, 0.25) is 0 Å². The third kappa shape index (κ3) is 3.40. The van der Waals surface area contributed by atoms with Gasteiger partial charge in [-0.1, -0.05) is 26.0 Å². The van der Waals surface area contributed by atoms with E-state index in [1.165, 1.54) is 17.4 Å². The number of nitro groups is 1. The van der Waals surface area contributed by atoms with E-state index in [-0.39, 0.29) is 16.9 Å². The Kier molecular flexibility index (Phi) is 4.94. The van der Waals surface area contributed by atoms with Crippen molar-refractivity contribution in [3.05, 3.63) is 39.8 Å². The molecular formula is C19H22N4O5S2. The van der Waals surface area contributed by atoms with E-state index in [2.05, 4.69) is 15.5 Å². The Labute approximate surface area is 178 Å². The molecular weight excluding hydrogens is 428 g/mol. The van der Waals surface area contributed by atoms with Gasteiger partial charge in [0.2, 0.25) is 5.13 Å². The van der Waals surface area contributed by atoms with Crippen LogP contribution in [0, 0.1) is 26.9 Å². The molecule has 0 aliphatic heterocycles. The Balaban J connectivity index is 1.62. The molecule has 0 radical (unpaired) electrons. The average molecular weight is 451 g/mol. The number of benzene rings is 1. The minimum Gasteiger partial charge on any atom is -0.286 e. The summed E-state index contributed by atoms with van der Waals surface area (Å²) >= 11 is 1.26. The summed E-state index contributed by atoms with van der Waals surface area (Å²) in [6, 6.07) is 6.39. The lowest BCUT2D eigenvalue weighted by molar-refractivity contribution is -0.384. The highest BCUT2D eigenvalue weighted by Crippen LogP contribution is 2.64. The molecule has 2 fully saturated rings. The van der Waals surface area contributed by atoms with Crippen LogP contribution in [0.3, 0.4) is 0 Å². The first-order valence-electron chi connectivity index (χ1n) is 9.51. The predicted molar refractivity (Wildman–Crippen MR) is 115 cm³/mol. The maximum absolute atomic E-state index is 11.7. The van der Waals surface area contributed by atoms with Crippen molar-refractivity contribution in [1.82, 2.24) is 4.98 Å². The number of hydrogen-bond acceptors (Lipinski definition) is 8. The number of fused-ring (bicyclic) bond motifs is 2. The second-order valence-corrected chi connectivity index (χ2v) is 10.8. The molecule has 0 saturated heterocycles. The molecule has 30 heavy (non-hydrogen) atoms. The average Bonchev–Trinajstić information content (AvgIpc) is 3.28. The normalized spacial score (nSPS) is 26.2. The molecule has 2 aliphatic carbocycles. The molecule has 4 rings (SSSR count). The number of nitrogens with one attached hydrogen (secondary N) is 1. The minimum absolute atomic E-state index is 0.0254. The molecule has 1 aromatic carbocycles. The minimum atomic E-state index is -4.17. The molecule has 2 unspecified atom stereocenters. The lowest BCUT2D eigenvalue weighted by Gasteiger charge is -2.37. The summed E-state index contributed by atoms with van der Waals surface area (Å²) in [5, 5.41) is 17.9. The number of anilines is 1. The second-order valence-electron chi connectivity index (χ2n) is 8.45. The Bertz CT molecular complexity index is 1140. The van der Waals surface area contributed by atoms with Crippen molar-refractivity contribution in [3.63, 3.8) is 0 Å². The highest BCUT2D eigenvalue weighted by molar-refractivity contribution is 7.85. The lowest BCUT2D eigenvalue weighted by atomic mass is 9.70. The van der Waals surface area contributed by atoms with Crippen LogP contribution < -0.4 is 5.43 Å². The number of nitro benzene ring substituents is 1. The van der Waals surface area contributed by atoms with Crippen LogP contribution in [0.1, 0.15) is 33.1 Å². The quantitative estimate of drug-likeness (QED) is 0.382. The number of rotatable bonds is 6. The molecule has 0 spiro atoms. The van der Waals surface area contributed by atoms with Crippen molar-refractivity contribution < 1.29 is 17.9 Å². The number of nitrogens with zero attached hydrogens (tertiary/aromatic N) is 3. The molecule has 2 N–H and O–H groups in total. The zero-order valence-corrected chi connectivity index (χ0v) is 18.2. The van der Waals surface area contributed by atoms with Gasteiger partial charge in [0.25, 0.3) is 15.8 Å². The van der Waals surface area contributed by atoms with Gasteiger partial charge in [-0.3, -0.25) is 20.1 Å². The van der Waals surface area contributed by atoms with Crippen molar-refractivity contribution in [2.45, 2.75) is 33.1 Å². The Morgan fingerprint density at radius 3 is 2.80 bits per heavy atom. The van der Waals surface area contributed by atoms with Gasteiger partial charge in [0.1, 0.15) is 0 Å². The maximum Gasteiger partial charge on any atom is 0.278 e. The number of thiazole rings is 1. The van der Waals surface area contributed by atoms with Crippen molar-refractivity contribution >= 4 is 38.0 Å². The molecule has 9 nitrogen and oxygen atoms in total. The van der Waals surface area contributed by atoms with E-state index in [0.717, 1.165) is 12.1 Å². The number of aromatic nitrogens is 1. The smallest absolute Gasteiger partial charge is 0.278 e. The van der Waals surface area contributed by atoms with E-state index in [9.17, 15) is 23.1 Å². The predicted octanol–water partition coefficient (Wildman–Crippen LogP) is 4.20. The molecule has 11 heteroatoms. The summed E-state index contributed by atoms with van der Waals surface area (Å²) in [5.41, 5.74) is 3.49. The van der Waals surface area contributed by atoms with Crippen LogP contribution in [0.15, 0.2) is 34.7 Å². The number of hydrogen-bond donors (Lipinski definition) is 2. The van der Waals surface area contributed by atoms with Gasteiger partial charge in [0, 0.05) is 22.6 Å². The molecule has 0 amide bonds. The zero-order chi connectivity index (χ0) is 21.7. The summed E-state index contributed by atoms with van der Waals surface area (Å²) in [6.45, 7) is 4.07. The standard InChI is InChI=1S/C19H22N4O5S2/c1-18(2)12-7-8-19(18,11-30(26,27)28)16(9-12)21-22-17-20-14(10-29-17)13-5-3-4-6-15(13)23(24)25/h3-6,10,12H,7-9,11H2,1-2H3,(H,20,22)(H,26,27,28). The Hall–Kier alpha value is -2.37. The maximum atomic E-state index is 11.7. The van der Waals surface area contributed by atoms with E-state index in [1.54, 1.807) is 23.6 Å². The van der Waals surface area contributed by atoms with Gasteiger partial charge in [-0.2, -0.15) is 13.5 Å². The highest BCUT2D eigenvalue weighted by atomic mass is 32.2. The zero-order valence-electron chi connectivity index (χ0n) is 16.5. The SMILES string of the molecule is CC1(C)C2CCC1(CS(=O)(=O)O)C(=NNc1nc(-c3ccccc3[N+](=O)[O-])cs1)C2. The molecule has 2 aromatic rings. The third-order valence-electron chi connectivity index (χ3n) is 6.76. The van der Waals surface area contributed by atoms with Crippen LogP contribution in [0.25, 0.3) is 11.3 Å². The Morgan fingerprint density at radius 1 is 1.40 bits per heavy atom. The second kappa shape index (κ2) is 7.10. The van der Waals surface area contributed by atoms with Crippen molar-refractivity contribution in [2.24, 2.45) is 21.8 Å². The third-order valence-corrected chi connectivity index (χ3v) is 8.37. The van der Waals surface area contributed by atoms with Crippen molar-refractivity contribution in [3.8, 4) is 11.3 Å². The Morgan fingerprint density at radius 2 is 2.13 bits per heavy atom. The van der Waals surface area contributed by atoms with Gasteiger partial charge < -0.3 is 0 Å². The van der Waals surface area contributed by atoms with Gasteiger partial charge in [0.15, 0.2) is 0 Å². The first kappa shape index (κ1) is 20.9. The summed E-state index contributed by atoms with van der Waals surface area (Å²) in [4.78, 5) is 15.2. The summed E-state index contributed by atoms with van der Waals surface area (Å²) in [7, 11) is -4.17. The van der Waals surface area contributed by atoms with Gasteiger partial charge in [-0.05, 0) is 36.7 Å². The largest absolute Gasteiger partial charge is 0.286 e. The van der Waals surface area contributed by atoms with E-state index in [1.807, 2.05) is 13.8 Å². The lowest BCUT2D eigenvalue weighted by Crippen LogP contribution is -2.42. The summed E-state index contributed by atoms with van der Waals surface area (Å²) < 4.78 is 33.0. The van der Waals surface area contributed by atoms with Crippen molar-refractivity contribution in [2.75, 3.05) is 11.2 Å². The van der Waals surface area contributed by atoms with Gasteiger partial charge in [0.05, 0.1) is 21.9 Å². The van der Waals surface area contributed by atoms with Crippen molar-refractivity contribution in [1.29, 1.82) is 0 Å². The van der Waals surface area contributed by atoms with Gasteiger partial charge in [-0.15, -0.1) is 11.3 Å². The molecule has 1 aromatic heterocycles. The highest BCUT2D eigenvalue weighted by Gasteiger charge is 2.64. The number of para-hydroxylation sites is 1. The van der Waals surface area contributed by atoms with Crippen LogP contribution in [-0.2, 0) is 10.1 Å². The summed E-state index contributed by atoms with van der Waals surface area (Å²) in [5.74, 6) is -0.0396. The molecule has 2 bridgehead atoms. The van der Waals surface area contributed by atoms with Crippen LogP contribution in [0.4, 0.5) is 10.8 Å². The molecule has 1 heterocycles. The topological polar surface area (TPSA) is 135 Å². The van der Waals surface area contributed by atoms with E-state index >= 15 is 0 Å². The fourth-order valence-electron chi connectivity index (χ4n) is 5.02.